The molecule has 4 nitrogen and oxygen atoms in total. The Kier molecular flexibility index (Phi) is 3.57. The summed E-state index contributed by atoms with van der Waals surface area (Å²) in [6.07, 6.45) is 1.88. The lowest BCUT2D eigenvalue weighted by Crippen LogP contribution is -1.99. The molecule has 3 aromatic rings. The molecule has 1 aromatic heterocycles. The first kappa shape index (κ1) is 13.9. The van der Waals surface area contributed by atoms with Crippen LogP contribution in [0.4, 0.5) is 5.69 Å². The highest BCUT2D eigenvalue weighted by molar-refractivity contribution is 6.42. The summed E-state index contributed by atoms with van der Waals surface area (Å²) < 4.78 is 1.92. The van der Waals surface area contributed by atoms with Crippen molar-refractivity contribution in [1.82, 2.24) is 4.57 Å². The fourth-order valence-electron chi connectivity index (χ4n) is 2.28. The van der Waals surface area contributed by atoms with Crippen molar-refractivity contribution in [3.05, 3.63) is 74.4 Å². The van der Waals surface area contributed by atoms with Crippen LogP contribution in [0.3, 0.4) is 0 Å². The summed E-state index contributed by atoms with van der Waals surface area (Å²) >= 11 is 12.2. The third-order valence-corrected chi connectivity index (χ3v) is 4.20. The first-order valence-corrected chi connectivity index (χ1v) is 6.98. The molecule has 0 spiro atoms. The van der Waals surface area contributed by atoms with E-state index in [2.05, 4.69) is 0 Å². The van der Waals surface area contributed by atoms with Gasteiger partial charge in [-0.1, -0.05) is 35.3 Å². The lowest BCUT2D eigenvalue weighted by molar-refractivity contribution is -0.384. The molecule has 6 heteroatoms. The number of fused-ring (bicyclic) bond motifs is 1. The topological polar surface area (TPSA) is 48.1 Å². The maximum Gasteiger partial charge on any atom is 0.271 e. The summed E-state index contributed by atoms with van der Waals surface area (Å²) in [5.74, 6) is 0. The number of nitro groups is 1. The van der Waals surface area contributed by atoms with E-state index in [1.54, 1.807) is 18.2 Å². The number of nitro benzene ring substituents is 1. The Bertz CT molecular complexity index is 843. The normalized spacial score (nSPS) is 11.0. The largest absolute Gasteiger partial charge is 0.343 e. The number of rotatable bonds is 3. The lowest BCUT2D eigenvalue weighted by Gasteiger charge is -2.08. The molecule has 0 N–H and O–H groups in total. The van der Waals surface area contributed by atoms with Crippen LogP contribution in [0.1, 0.15) is 5.56 Å². The van der Waals surface area contributed by atoms with Gasteiger partial charge in [-0.15, -0.1) is 0 Å². The highest BCUT2D eigenvalue weighted by atomic mass is 35.5. The van der Waals surface area contributed by atoms with E-state index >= 15 is 0 Å². The van der Waals surface area contributed by atoms with Gasteiger partial charge in [0.15, 0.2) is 0 Å². The molecule has 0 unspecified atom stereocenters. The van der Waals surface area contributed by atoms with Gasteiger partial charge in [-0.2, -0.15) is 0 Å². The van der Waals surface area contributed by atoms with Gasteiger partial charge in [-0.25, -0.2) is 0 Å². The lowest BCUT2D eigenvalue weighted by atomic mass is 10.2. The van der Waals surface area contributed by atoms with E-state index in [-0.39, 0.29) is 5.69 Å². The Morgan fingerprint density at radius 1 is 1.14 bits per heavy atom. The van der Waals surface area contributed by atoms with Crippen LogP contribution in [0.5, 0.6) is 0 Å². The molecule has 21 heavy (non-hydrogen) atoms. The van der Waals surface area contributed by atoms with Crippen molar-refractivity contribution in [2.75, 3.05) is 0 Å². The quantitative estimate of drug-likeness (QED) is 0.508. The fourth-order valence-corrected chi connectivity index (χ4v) is 2.66. The zero-order chi connectivity index (χ0) is 15.0. The smallest absolute Gasteiger partial charge is 0.271 e. The van der Waals surface area contributed by atoms with Gasteiger partial charge in [0.2, 0.25) is 0 Å². The summed E-state index contributed by atoms with van der Waals surface area (Å²) in [7, 11) is 0. The average molecular weight is 321 g/mol. The molecule has 0 saturated heterocycles. The van der Waals surface area contributed by atoms with Gasteiger partial charge in [0.05, 0.1) is 20.5 Å². The van der Waals surface area contributed by atoms with Crippen LogP contribution in [0.2, 0.25) is 10.0 Å². The van der Waals surface area contributed by atoms with Crippen LogP contribution >= 0.6 is 23.2 Å². The Labute approximate surface area is 130 Å². The minimum Gasteiger partial charge on any atom is -0.343 e. The summed E-state index contributed by atoms with van der Waals surface area (Å²) in [5, 5.41) is 12.8. The second-order valence-electron chi connectivity index (χ2n) is 4.66. The number of benzene rings is 2. The Morgan fingerprint density at radius 2 is 1.95 bits per heavy atom. The molecule has 0 atom stereocenters. The predicted octanol–water partition coefficient (Wildman–Crippen LogP) is 4.90. The van der Waals surface area contributed by atoms with E-state index in [0.29, 0.717) is 16.6 Å². The van der Waals surface area contributed by atoms with Gasteiger partial charge in [0, 0.05) is 30.3 Å². The van der Waals surface area contributed by atoms with E-state index in [0.717, 1.165) is 16.5 Å². The Morgan fingerprint density at radius 3 is 2.71 bits per heavy atom. The van der Waals surface area contributed by atoms with E-state index in [9.17, 15) is 10.1 Å². The second kappa shape index (κ2) is 5.39. The highest BCUT2D eigenvalue weighted by Crippen LogP contribution is 2.28. The molecule has 0 saturated carbocycles. The van der Waals surface area contributed by atoms with Crippen molar-refractivity contribution < 1.29 is 4.92 Å². The average Bonchev–Trinajstić information content (AvgIpc) is 2.86. The third-order valence-electron chi connectivity index (χ3n) is 3.34. The van der Waals surface area contributed by atoms with E-state index in [1.807, 2.05) is 29.0 Å². The molecule has 2 aromatic carbocycles. The van der Waals surface area contributed by atoms with Crippen LogP contribution in [-0.2, 0) is 6.54 Å². The van der Waals surface area contributed by atoms with E-state index in [4.69, 9.17) is 23.2 Å². The van der Waals surface area contributed by atoms with E-state index in [1.165, 1.54) is 6.07 Å². The van der Waals surface area contributed by atoms with Crippen LogP contribution in [0, 0.1) is 10.1 Å². The molecular weight excluding hydrogens is 311 g/mol. The van der Waals surface area contributed by atoms with Crippen molar-refractivity contribution in [2.45, 2.75) is 6.54 Å². The molecule has 0 bridgehead atoms. The van der Waals surface area contributed by atoms with Crippen LogP contribution in [0.25, 0.3) is 10.9 Å². The Balaban J connectivity index is 2.06. The van der Waals surface area contributed by atoms with Crippen LogP contribution < -0.4 is 0 Å². The van der Waals surface area contributed by atoms with Gasteiger partial charge < -0.3 is 4.57 Å². The van der Waals surface area contributed by atoms with Crippen molar-refractivity contribution >= 4 is 39.8 Å². The van der Waals surface area contributed by atoms with Crippen molar-refractivity contribution in [3.8, 4) is 0 Å². The Hall–Kier alpha value is -2.04. The molecule has 0 amide bonds. The highest BCUT2D eigenvalue weighted by Gasteiger charge is 2.11. The molecule has 106 valence electrons. The van der Waals surface area contributed by atoms with Gasteiger partial charge in [-0.05, 0) is 23.8 Å². The summed E-state index contributed by atoms with van der Waals surface area (Å²) in [4.78, 5) is 10.5. The first-order valence-electron chi connectivity index (χ1n) is 6.22. The van der Waals surface area contributed by atoms with Gasteiger partial charge in [0.1, 0.15) is 0 Å². The molecule has 3 rings (SSSR count). The number of aromatic nitrogens is 1. The molecular formula is C15H10Cl2N2O2. The standard InChI is InChI=1S/C15H10Cl2N2O2/c16-13-3-1-2-11(15(13)17)9-18-7-6-10-4-5-12(19(20)21)8-14(10)18/h1-8H,9H2. The van der Waals surface area contributed by atoms with Gasteiger partial charge >= 0.3 is 0 Å². The van der Waals surface area contributed by atoms with Crippen molar-refractivity contribution in [2.24, 2.45) is 0 Å². The monoisotopic (exact) mass is 320 g/mol. The summed E-state index contributed by atoms with van der Waals surface area (Å²) in [5.41, 5.74) is 1.73. The number of non-ortho nitro benzene ring substituents is 1. The first-order chi connectivity index (χ1) is 10.1. The molecule has 0 fully saturated rings. The van der Waals surface area contributed by atoms with Crippen molar-refractivity contribution in [3.63, 3.8) is 0 Å². The number of halogens is 2. The SMILES string of the molecule is O=[N+]([O-])c1ccc2ccn(Cc3cccc(Cl)c3Cl)c2c1. The van der Waals surface area contributed by atoms with Gasteiger partial charge in [0.25, 0.3) is 5.69 Å². The zero-order valence-corrected chi connectivity index (χ0v) is 12.3. The number of hydrogen-bond acceptors (Lipinski definition) is 2. The minimum absolute atomic E-state index is 0.0691. The fraction of sp³-hybridized carbons (Fsp3) is 0.0667. The molecule has 0 aliphatic heterocycles. The summed E-state index contributed by atoms with van der Waals surface area (Å²) in [6, 6.07) is 12.2. The number of nitrogens with zero attached hydrogens (tertiary/aromatic N) is 2. The second-order valence-corrected chi connectivity index (χ2v) is 5.44. The maximum atomic E-state index is 10.9. The van der Waals surface area contributed by atoms with Crippen LogP contribution in [0.15, 0.2) is 48.7 Å². The zero-order valence-electron chi connectivity index (χ0n) is 10.8. The third kappa shape index (κ3) is 2.60. The van der Waals surface area contributed by atoms with Crippen molar-refractivity contribution in [1.29, 1.82) is 0 Å². The van der Waals surface area contributed by atoms with Gasteiger partial charge in [-0.3, -0.25) is 10.1 Å². The number of hydrogen-bond donors (Lipinski definition) is 0. The minimum atomic E-state index is -0.400. The maximum absolute atomic E-state index is 10.9. The predicted molar refractivity (Wildman–Crippen MR) is 84.2 cm³/mol. The van der Waals surface area contributed by atoms with Crippen LogP contribution in [-0.4, -0.2) is 9.49 Å². The summed E-state index contributed by atoms with van der Waals surface area (Å²) in [6.45, 7) is 0.504. The molecule has 0 aliphatic rings. The molecule has 1 heterocycles. The molecule has 0 radical (unpaired) electrons. The molecule has 0 aliphatic carbocycles. The van der Waals surface area contributed by atoms with E-state index < -0.39 is 4.92 Å².